The van der Waals surface area contributed by atoms with Gasteiger partial charge in [0.15, 0.2) is 0 Å². The largest absolute Gasteiger partial charge is 0.545 e. The molecule has 14 heavy (non-hydrogen) atoms. The summed E-state index contributed by atoms with van der Waals surface area (Å²) in [5.41, 5.74) is 1.03. The molecular weight excluding hydrogens is 176 g/mol. The molecule has 0 N–H and O–H groups in total. The third kappa shape index (κ3) is 1.25. The summed E-state index contributed by atoms with van der Waals surface area (Å²) < 4.78 is 0. The molecule has 2 nitrogen and oxygen atoms in total. The molecule has 2 heteroatoms. The van der Waals surface area contributed by atoms with Crippen LogP contribution in [0.25, 0.3) is 10.8 Å². The highest BCUT2D eigenvalue weighted by atomic mass is 16.4. The van der Waals surface area contributed by atoms with Gasteiger partial charge < -0.3 is 9.90 Å². The van der Waals surface area contributed by atoms with Crippen LogP contribution in [0.2, 0.25) is 0 Å². The Bertz CT molecular complexity index is 501. The molecule has 0 aromatic heterocycles. The van der Waals surface area contributed by atoms with E-state index in [1.807, 2.05) is 24.3 Å². The fourth-order valence-corrected chi connectivity index (χ4v) is 1.65. The van der Waals surface area contributed by atoms with E-state index in [4.69, 9.17) is 0 Å². The predicted molar refractivity (Wildman–Crippen MR) is 53.0 cm³/mol. The lowest BCUT2D eigenvalue weighted by Gasteiger charge is -2.09. The molecule has 2 aromatic carbocycles. The zero-order valence-electron chi connectivity index (χ0n) is 7.78. The van der Waals surface area contributed by atoms with Crippen molar-refractivity contribution in [2.45, 2.75) is 6.92 Å². The maximum absolute atomic E-state index is 10.8. The van der Waals surface area contributed by atoms with Crippen LogP contribution in [0.5, 0.6) is 0 Å². The van der Waals surface area contributed by atoms with Crippen LogP contribution in [0, 0.1) is 6.92 Å². The quantitative estimate of drug-likeness (QED) is 0.675. The molecule has 0 radical (unpaired) electrons. The molecule has 0 atom stereocenters. The molecule has 0 amide bonds. The fourth-order valence-electron chi connectivity index (χ4n) is 1.65. The Balaban J connectivity index is 2.81. The van der Waals surface area contributed by atoms with Crippen LogP contribution in [-0.2, 0) is 0 Å². The number of aryl methyl sites for hydroxylation is 1. The van der Waals surface area contributed by atoms with Gasteiger partial charge in [0.2, 0.25) is 0 Å². The molecular formula is C12H9O2-. The molecule has 0 saturated carbocycles. The van der Waals surface area contributed by atoms with E-state index >= 15 is 0 Å². The molecule has 0 bridgehead atoms. The number of benzene rings is 2. The third-order valence-corrected chi connectivity index (χ3v) is 2.42. The van der Waals surface area contributed by atoms with Gasteiger partial charge >= 0.3 is 0 Å². The smallest absolute Gasteiger partial charge is 0.0718 e. The molecule has 0 unspecified atom stereocenters. The van der Waals surface area contributed by atoms with Gasteiger partial charge in [-0.2, -0.15) is 0 Å². The summed E-state index contributed by atoms with van der Waals surface area (Å²) in [6, 6.07) is 11.1. The van der Waals surface area contributed by atoms with Crippen LogP contribution in [0.3, 0.4) is 0 Å². The SMILES string of the molecule is Cc1c(C(=O)[O-])ccc2ccccc12. The number of carboxylic acid groups (broad SMARTS) is 1. The number of carboxylic acids is 1. The minimum Gasteiger partial charge on any atom is -0.545 e. The summed E-state index contributed by atoms with van der Waals surface area (Å²) in [5.74, 6) is -1.12. The molecule has 2 rings (SSSR count). The number of carbonyl (C=O) groups excluding carboxylic acids is 1. The standard InChI is InChI=1S/C12H10O2/c1-8-10-5-3-2-4-9(10)6-7-11(8)12(13)14/h2-7H,1H3,(H,13,14)/p-1. The van der Waals surface area contributed by atoms with Crippen molar-refractivity contribution in [3.63, 3.8) is 0 Å². The molecule has 0 heterocycles. The van der Waals surface area contributed by atoms with Crippen LogP contribution in [0.4, 0.5) is 0 Å². The highest BCUT2D eigenvalue weighted by molar-refractivity contribution is 5.96. The minimum absolute atomic E-state index is 0.267. The van der Waals surface area contributed by atoms with Crippen molar-refractivity contribution in [3.8, 4) is 0 Å². The second-order valence-corrected chi connectivity index (χ2v) is 3.25. The summed E-state index contributed by atoms with van der Waals surface area (Å²) in [4.78, 5) is 10.8. The molecule has 2 aromatic rings. The van der Waals surface area contributed by atoms with Gasteiger partial charge in [-0.3, -0.25) is 0 Å². The van der Waals surface area contributed by atoms with Crippen molar-refractivity contribution < 1.29 is 9.90 Å². The summed E-state index contributed by atoms with van der Waals surface area (Å²) in [6.45, 7) is 1.80. The zero-order valence-corrected chi connectivity index (χ0v) is 7.78. The Kier molecular flexibility index (Phi) is 1.97. The normalized spacial score (nSPS) is 10.4. The maximum Gasteiger partial charge on any atom is 0.0718 e. The average molecular weight is 185 g/mol. The first-order valence-corrected chi connectivity index (χ1v) is 4.40. The highest BCUT2D eigenvalue weighted by Gasteiger charge is 2.02. The predicted octanol–water partition coefficient (Wildman–Crippen LogP) is 1.51. The second-order valence-electron chi connectivity index (χ2n) is 3.25. The molecule has 0 aliphatic carbocycles. The molecule has 0 aliphatic rings. The minimum atomic E-state index is -1.12. The van der Waals surface area contributed by atoms with Gasteiger partial charge in [0.05, 0.1) is 5.97 Å². The van der Waals surface area contributed by atoms with Crippen molar-refractivity contribution >= 4 is 16.7 Å². The maximum atomic E-state index is 10.8. The fraction of sp³-hybridized carbons (Fsp3) is 0.0833. The van der Waals surface area contributed by atoms with Crippen molar-refractivity contribution in [1.29, 1.82) is 0 Å². The van der Waals surface area contributed by atoms with Gasteiger partial charge in [0.1, 0.15) is 0 Å². The Morgan fingerprint density at radius 2 is 1.86 bits per heavy atom. The van der Waals surface area contributed by atoms with Crippen LogP contribution < -0.4 is 5.11 Å². The average Bonchev–Trinajstić information content (AvgIpc) is 2.18. The van der Waals surface area contributed by atoms with E-state index in [1.54, 1.807) is 19.1 Å². The van der Waals surface area contributed by atoms with Crippen LogP contribution in [-0.4, -0.2) is 5.97 Å². The van der Waals surface area contributed by atoms with Crippen molar-refractivity contribution in [2.75, 3.05) is 0 Å². The van der Waals surface area contributed by atoms with E-state index in [-0.39, 0.29) is 5.56 Å². The second kappa shape index (κ2) is 3.14. The Hall–Kier alpha value is -1.83. The number of hydrogen-bond donors (Lipinski definition) is 0. The van der Waals surface area contributed by atoms with Gasteiger partial charge in [-0.25, -0.2) is 0 Å². The summed E-state index contributed by atoms with van der Waals surface area (Å²) in [6.07, 6.45) is 0. The van der Waals surface area contributed by atoms with Crippen LogP contribution >= 0.6 is 0 Å². The number of aromatic carboxylic acids is 1. The first-order chi connectivity index (χ1) is 6.70. The lowest BCUT2D eigenvalue weighted by atomic mass is 10.0. The van der Waals surface area contributed by atoms with Gasteiger partial charge in [0.25, 0.3) is 0 Å². The van der Waals surface area contributed by atoms with Gasteiger partial charge in [-0.15, -0.1) is 0 Å². The van der Waals surface area contributed by atoms with E-state index in [1.165, 1.54) is 0 Å². The molecule has 70 valence electrons. The third-order valence-electron chi connectivity index (χ3n) is 2.42. The van der Waals surface area contributed by atoms with Crippen LogP contribution in [0.1, 0.15) is 15.9 Å². The first-order valence-electron chi connectivity index (χ1n) is 4.40. The lowest BCUT2D eigenvalue weighted by molar-refractivity contribution is -0.255. The van der Waals surface area contributed by atoms with Crippen molar-refractivity contribution in [3.05, 3.63) is 47.5 Å². The molecule has 0 aliphatic heterocycles. The van der Waals surface area contributed by atoms with Gasteiger partial charge in [-0.1, -0.05) is 36.4 Å². The zero-order chi connectivity index (χ0) is 10.1. The number of rotatable bonds is 1. The van der Waals surface area contributed by atoms with E-state index < -0.39 is 5.97 Å². The lowest BCUT2D eigenvalue weighted by Crippen LogP contribution is -2.23. The van der Waals surface area contributed by atoms with E-state index in [0.29, 0.717) is 0 Å². The summed E-state index contributed by atoms with van der Waals surface area (Å²) in [7, 11) is 0. The topological polar surface area (TPSA) is 40.1 Å². The Labute approximate surface area is 81.8 Å². The summed E-state index contributed by atoms with van der Waals surface area (Å²) in [5, 5.41) is 12.8. The number of carbonyl (C=O) groups is 1. The molecule has 0 saturated heterocycles. The monoisotopic (exact) mass is 185 g/mol. The molecule has 0 fully saturated rings. The number of hydrogen-bond acceptors (Lipinski definition) is 2. The van der Waals surface area contributed by atoms with Crippen molar-refractivity contribution in [2.24, 2.45) is 0 Å². The van der Waals surface area contributed by atoms with E-state index in [9.17, 15) is 9.90 Å². The van der Waals surface area contributed by atoms with Gasteiger partial charge in [-0.05, 0) is 23.3 Å². The Morgan fingerprint density at radius 3 is 2.57 bits per heavy atom. The van der Waals surface area contributed by atoms with E-state index in [2.05, 4.69) is 0 Å². The summed E-state index contributed by atoms with van der Waals surface area (Å²) >= 11 is 0. The van der Waals surface area contributed by atoms with E-state index in [0.717, 1.165) is 16.3 Å². The van der Waals surface area contributed by atoms with Crippen molar-refractivity contribution in [1.82, 2.24) is 0 Å². The number of fused-ring (bicyclic) bond motifs is 1. The van der Waals surface area contributed by atoms with Gasteiger partial charge in [0, 0.05) is 5.56 Å². The van der Waals surface area contributed by atoms with Crippen LogP contribution in [0.15, 0.2) is 36.4 Å². The Morgan fingerprint density at radius 1 is 1.14 bits per heavy atom. The highest BCUT2D eigenvalue weighted by Crippen LogP contribution is 2.20. The molecule has 0 spiro atoms. The first kappa shape index (κ1) is 8.75.